The molecule has 4 nitrogen and oxygen atoms in total. The summed E-state index contributed by atoms with van der Waals surface area (Å²) in [5.41, 5.74) is 5.43. The molecular formula is C12H25N3O. The lowest BCUT2D eigenvalue weighted by Gasteiger charge is -2.26. The third kappa shape index (κ3) is 4.10. The molecule has 0 aromatic heterocycles. The summed E-state index contributed by atoms with van der Waals surface area (Å²) in [6.07, 6.45) is 6.00. The van der Waals surface area contributed by atoms with Gasteiger partial charge < -0.3 is 10.6 Å². The van der Waals surface area contributed by atoms with Crippen molar-refractivity contribution in [3.8, 4) is 0 Å². The van der Waals surface area contributed by atoms with Crippen LogP contribution in [-0.4, -0.2) is 55.5 Å². The van der Waals surface area contributed by atoms with Gasteiger partial charge in [0, 0.05) is 19.6 Å². The van der Waals surface area contributed by atoms with Crippen LogP contribution >= 0.6 is 0 Å². The maximum atomic E-state index is 11.9. The zero-order valence-corrected chi connectivity index (χ0v) is 10.6. The molecule has 1 aliphatic rings. The Hall–Kier alpha value is -0.610. The Morgan fingerprint density at radius 1 is 1.31 bits per heavy atom. The van der Waals surface area contributed by atoms with Gasteiger partial charge >= 0.3 is 0 Å². The molecule has 0 aromatic rings. The second-order valence-electron chi connectivity index (χ2n) is 4.81. The second kappa shape index (κ2) is 6.86. The first kappa shape index (κ1) is 13.5. The SMILES string of the molecule is CN(CCCN)C(=O)CN(C)C1CCCC1. The Kier molecular flexibility index (Phi) is 5.77. The minimum absolute atomic E-state index is 0.211. The van der Waals surface area contributed by atoms with Crippen molar-refractivity contribution in [2.75, 3.05) is 33.7 Å². The quantitative estimate of drug-likeness (QED) is 0.725. The highest BCUT2D eigenvalue weighted by atomic mass is 16.2. The molecule has 94 valence electrons. The number of nitrogens with two attached hydrogens (primary N) is 1. The molecule has 1 rings (SSSR count). The van der Waals surface area contributed by atoms with Crippen molar-refractivity contribution in [3.05, 3.63) is 0 Å². The molecule has 4 heteroatoms. The van der Waals surface area contributed by atoms with Crippen molar-refractivity contribution in [1.82, 2.24) is 9.80 Å². The number of likely N-dealkylation sites (N-methyl/N-ethyl adjacent to an activating group) is 2. The highest BCUT2D eigenvalue weighted by molar-refractivity contribution is 5.77. The van der Waals surface area contributed by atoms with Gasteiger partial charge in [-0.25, -0.2) is 0 Å². The predicted molar refractivity (Wildman–Crippen MR) is 66.2 cm³/mol. The first-order valence-corrected chi connectivity index (χ1v) is 6.29. The van der Waals surface area contributed by atoms with Crippen LogP contribution in [0.4, 0.5) is 0 Å². The third-order valence-corrected chi connectivity index (χ3v) is 3.46. The van der Waals surface area contributed by atoms with Crippen molar-refractivity contribution < 1.29 is 4.79 Å². The Labute approximate surface area is 98.8 Å². The molecule has 1 saturated carbocycles. The Bertz CT molecular complexity index is 214. The van der Waals surface area contributed by atoms with Crippen LogP contribution in [0.1, 0.15) is 32.1 Å². The highest BCUT2D eigenvalue weighted by Gasteiger charge is 2.22. The summed E-state index contributed by atoms with van der Waals surface area (Å²) in [5.74, 6) is 0.211. The van der Waals surface area contributed by atoms with Gasteiger partial charge in [0.2, 0.25) is 5.91 Å². The molecule has 0 bridgehead atoms. The van der Waals surface area contributed by atoms with E-state index in [0.29, 0.717) is 19.1 Å². The van der Waals surface area contributed by atoms with E-state index in [4.69, 9.17) is 5.73 Å². The van der Waals surface area contributed by atoms with E-state index < -0.39 is 0 Å². The van der Waals surface area contributed by atoms with Crippen molar-refractivity contribution in [2.24, 2.45) is 5.73 Å². The minimum Gasteiger partial charge on any atom is -0.345 e. The number of carbonyl (C=O) groups excluding carboxylic acids is 1. The lowest BCUT2D eigenvalue weighted by molar-refractivity contribution is -0.131. The summed E-state index contributed by atoms with van der Waals surface area (Å²) in [6.45, 7) is 1.97. The summed E-state index contributed by atoms with van der Waals surface area (Å²) in [4.78, 5) is 15.9. The van der Waals surface area contributed by atoms with Crippen LogP contribution < -0.4 is 5.73 Å². The summed E-state index contributed by atoms with van der Waals surface area (Å²) in [5, 5.41) is 0. The van der Waals surface area contributed by atoms with Crippen LogP contribution in [0.15, 0.2) is 0 Å². The molecule has 1 amide bonds. The molecule has 0 radical (unpaired) electrons. The van der Waals surface area contributed by atoms with Gasteiger partial charge in [-0.3, -0.25) is 9.69 Å². The minimum atomic E-state index is 0.211. The van der Waals surface area contributed by atoms with E-state index in [9.17, 15) is 4.79 Å². The molecule has 1 fully saturated rings. The van der Waals surface area contributed by atoms with Crippen LogP contribution in [0.3, 0.4) is 0 Å². The van der Waals surface area contributed by atoms with Gasteiger partial charge in [-0.15, -0.1) is 0 Å². The lowest BCUT2D eigenvalue weighted by atomic mass is 10.2. The Balaban J connectivity index is 2.26. The van der Waals surface area contributed by atoms with Gasteiger partial charge in [-0.1, -0.05) is 12.8 Å². The number of nitrogens with zero attached hydrogens (tertiary/aromatic N) is 2. The summed E-state index contributed by atoms with van der Waals surface area (Å²) < 4.78 is 0. The van der Waals surface area contributed by atoms with Gasteiger partial charge in [0.15, 0.2) is 0 Å². The van der Waals surface area contributed by atoms with Crippen molar-refractivity contribution >= 4 is 5.91 Å². The molecule has 0 aliphatic heterocycles. The van der Waals surface area contributed by atoms with E-state index in [1.165, 1.54) is 25.7 Å². The molecule has 0 heterocycles. The average Bonchev–Trinajstić information content (AvgIpc) is 2.79. The van der Waals surface area contributed by atoms with Crippen LogP contribution in [0, 0.1) is 0 Å². The van der Waals surface area contributed by atoms with Crippen molar-refractivity contribution in [3.63, 3.8) is 0 Å². The first-order valence-electron chi connectivity index (χ1n) is 6.29. The zero-order valence-electron chi connectivity index (χ0n) is 10.6. The fourth-order valence-corrected chi connectivity index (χ4v) is 2.26. The molecule has 0 saturated heterocycles. The van der Waals surface area contributed by atoms with Gasteiger partial charge in [0.25, 0.3) is 0 Å². The average molecular weight is 227 g/mol. The second-order valence-corrected chi connectivity index (χ2v) is 4.81. The zero-order chi connectivity index (χ0) is 12.0. The first-order chi connectivity index (χ1) is 7.65. The number of amides is 1. The van der Waals surface area contributed by atoms with Gasteiger partial charge in [-0.2, -0.15) is 0 Å². The maximum absolute atomic E-state index is 11.9. The molecule has 16 heavy (non-hydrogen) atoms. The molecule has 0 aromatic carbocycles. The lowest BCUT2D eigenvalue weighted by Crippen LogP contribution is -2.41. The van der Waals surface area contributed by atoms with Crippen LogP contribution in [-0.2, 0) is 4.79 Å². The van der Waals surface area contributed by atoms with E-state index >= 15 is 0 Å². The summed E-state index contributed by atoms with van der Waals surface area (Å²) in [7, 11) is 3.92. The molecule has 0 atom stereocenters. The monoisotopic (exact) mass is 227 g/mol. The van der Waals surface area contributed by atoms with E-state index in [2.05, 4.69) is 11.9 Å². The summed E-state index contributed by atoms with van der Waals surface area (Å²) >= 11 is 0. The summed E-state index contributed by atoms with van der Waals surface area (Å²) in [6, 6.07) is 0.617. The van der Waals surface area contributed by atoms with Crippen LogP contribution in [0.2, 0.25) is 0 Å². The van der Waals surface area contributed by atoms with Gasteiger partial charge in [-0.05, 0) is 32.9 Å². The van der Waals surface area contributed by atoms with Crippen LogP contribution in [0.5, 0.6) is 0 Å². The molecule has 1 aliphatic carbocycles. The Morgan fingerprint density at radius 2 is 1.94 bits per heavy atom. The normalized spacial score (nSPS) is 17.0. The van der Waals surface area contributed by atoms with Crippen molar-refractivity contribution in [2.45, 2.75) is 38.1 Å². The smallest absolute Gasteiger partial charge is 0.236 e. The number of rotatable bonds is 6. The highest BCUT2D eigenvalue weighted by Crippen LogP contribution is 2.22. The maximum Gasteiger partial charge on any atom is 0.236 e. The number of carbonyl (C=O) groups is 1. The van der Waals surface area contributed by atoms with Gasteiger partial charge in [0.05, 0.1) is 6.54 Å². The fraction of sp³-hybridized carbons (Fsp3) is 0.917. The van der Waals surface area contributed by atoms with E-state index in [0.717, 1.165) is 13.0 Å². The van der Waals surface area contributed by atoms with Crippen molar-refractivity contribution in [1.29, 1.82) is 0 Å². The van der Waals surface area contributed by atoms with E-state index in [-0.39, 0.29) is 5.91 Å². The standard InChI is InChI=1S/C12H25N3O/c1-14(9-5-8-13)12(16)10-15(2)11-6-3-4-7-11/h11H,3-10,13H2,1-2H3. The predicted octanol–water partition coefficient (Wildman–Crippen LogP) is 0.668. The number of hydrogen-bond acceptors (Lipinski definition) is 3. The molecule has 2 N–H and O–H groups in total. The molecular weight excluding hydrogens is 202 g/mol. The fourth-order valence-electron chi connectivity index (χ4n) is 2.26. The molecule has 0 spiro atoms. The van der Waals surface area contributed by atoms with E-state index in [1.54, 1.807) is 4.90 Å². The third-order valence-electron chi connectivity index (χ3n) is 3.46. The topological polar surface area (TPSA) is 49.6 Å². The van der Waals surface area contributed by atoms with Crippen LogP contribution in [0.25, 0.3) is 0 Å². The van der Waals surface area contributed by atoms with Gasteiger partial charge in [0.1, 0.15) is 0 Å². The molecule has 0 unspecified atom stereocenters. The van der Waals surface area contributed by atoms with E-state index in [1.807, 2.05) is 7.05 Å². The number of hydrogen-bond donors (Lipinski definition) is 1. The Morgan fingerprint density at radius 3 is 2.50 bits per heavy atom. The largest absolute Gasteiger partial charge is 0.345 e.